The van der Waals surface area contributed by atoms with E-state index in [2.05, 4.69) is 413 Å². The third kappa shape index (κ3) is 12.9. The number of para-hydroxylation sites is 14. The Kier molecular flexibility index (Phi) is 18.7. The topological polar surface area (TPSA) is 93.6 Å². The minimum Gasteiger partial charge on any atom is -0.458 e. The van der Waals surface area contributed by atoms with Gasteiger partial charge in [0, 0.05) is 105 Å². The van der Waals surface area contributed by atoms with Gasteiger partial charge in [0.25, 0.3) is 26.9 Å². The molecule has 0 aliphatic carbocycles. The fourth-order valence-electron chi connectivity index (χ4n) is 24.6. The zero-order valence-electron chi connectivity index (χ0n) is 79.6. The SMILES string of the molecule is c1ccc2c(c1)Oc1ccc(-c3ccc(-n4c5ccccc5c5ccccc54)cc3)c3c1B2c1ccccc1O3.c1ccc2c(c1)Oc1cccc3c1B2c1cc(-n2c4ccccc4c4ccccc42)ccc1O3.c1ccc2c(c1)Oc1cccc3c1B2c1ccc(-n2c4ccccc4c4ccccc42)cc1O3.c1ccc2c(c1)Oc1cccc3c1B2c1cccc(-c2ccc(-n4c5ccccc5c5ccccc54)cc2)c1O3. The van der Waals surface area contributed by atoms with Crippen LogP contribution in [-0.2, 0) is 0 Å². The Morgan fingerprint density at radius 2 is 0.365 bits per heavy atom. The minimum absolute atomic E-state index is 0.0629. The lowest BCUT2D eigenvalue weighted by Gasteiger charge is -2.33. The Bertz CT molecular complexity index is 9830. The van der Waals surface area contributed by atoms with Crippen LogP contribution in [0.1, 0.15) is 0 Å². The largest absolute Gasteiger partial charge is 0.458 e. The molecule has 16 heteroatoms. The van der Waals surface area contributed by atoms with Gasteiger partial charge in [0.2, 0.25) is 0 Å². The van der Waals surface area contributed by atoms with Gasteiger partial charge in [0.15, 0.2) is 0 Å². The van der Waals surface area contributed by atoms with Gasteiger partial charge < -0.3 is 56.2 Å². The second-order valence-corrected chi connectivity index (χ2v) is 38.8. The molecule has 8 aliphatic rings. The lowest BCUT2D eigenvalue weighted by Crippen LogP contribution is -2.57. The van der Waals surface area contributed by atoms with Crippen molar-refractivity contribution < 1.29 is 37.9 Å². The average molecular weight is 1890 g/mol. The Morgan fingerprint density at radius 1 is 0.135 bits per heavy atom. The van der Waals surface area contributed by atoms with Gasteiger partial charge in [-0.15, -0.1) is 0 Å². The molecule has 0 spiro atoms. The number of hydrogen-bond donors (Lipinski definition) is 0. The maximum Gasteiger partial charge on any atom is 0.260 e. The van der Waals surface area contributed by atoms with Crippen LogP contribution in [0.5, 0.6) is 92.0 Å². The Morgan fingerprint density at radius 3 is 0.743 bits per heavy atom. The summed E-state index contributed by atoms with van der Waals surface area (Å²) in [6, 6.07) is 170. The molecule has 4 aromatic heterocycles. The minimum atomic E-state index is 0.0629. The summed E-state index contributed by atoms with van der Waals surface area (Å²) in [6.07, 6.45) is 0. The first-order chi connectivity index (χ1) is 73.4. The van der Waals surface area contributed by atoms with E-state index in [0.717, 1.165) is 164 Å². The fraction of sp³-hybridized carbons (Fsp3) is 0. The monoisotopic (exact) mass is 1890 g/mol. The van der Waals surface area contributed by atoms with E-state index in [9.17, 15) is 0 Å². The van der Waals surface area contributed by atoms with Gasteiger partial charge in [-0.25, -0.2) is 0 Å². The van der Waals surface area contributed by atoms with E-state index >= 15 is 0 Å². The third-order valence-electron chi connectivity index (χ3n) is 31.0. The molecule has 8 aliphatic heterocycles. The van der Waals surface area contributed by atoms with Crippen LogP contribution in [0, 0.1) is 0 Å². The quantitative estimate of drug-likeness (QED) is 0.152. The smallest absolute Gasteiger partial charge is 0.260 e. The summed E-state index contributed by atoms with van der Waals surface area (Å²) in [6.45, 7) is 0.286. The molecule has 0 saturated carbocycles. The molecule has 0 saturated heterocycles. The van der Waals surface area contributed by atoms with Crippen molar-refractivity contribution >= 4 is 180 Å². The first-order valence-corrected chi connectivity index (χ1v) is 50.4. The molecule has 0 fully saturated rings. The Balaban J connectivity index is 0.0000000895. The van der Waals surface area contributed by atoms with Crippen LogP contribution in [0.2, 0.25) is 0 Å². The summed E-state index contributed by atoms with van der Waals surface area (Å²) in [5.74, 6) is 14.2. The summed E-state index contributed by atoms with van der Waals surface area (Å²) >= 11 is 0. The number of hydrogen-bond acceptors (Lipinski definition) is 8. The predicted octanol–water partition coefficient (Wildman–Crippen LogP) is 25.4. The van der Waals surface area contributed by atoms with E-state index in [-0.39, 0.29) is 26.9 Å². The normalized spacial score (nSPS) is 13.0. The summed E-state index contributed by atoms with van der Waals surface area (Å²) in [4.78, 5) is 0. The molecule has 0 unspecified atom stereocenters. The highest BCUT2D eigenvalue weighted by atomic mass is 16.5. The lowest BCUT2D eigenvalue weighted by atomic mass is 9.34. The number of rotatable bonds is 6. The van der Waals surface area contributed by atoms with Crippen LogP contribution >= 0.6 is 0 Å². The molecule has 0 atom stereocenters. The summed E-state index contributed by atoms with van der Waals surface area (Å²) < 4.78 is 60.8. The Hall–Kier alpha value is -19.3. The van der Waals surface area contributed by atoms with Crippen molar-refractivity contribution in [1.82, 2.24) is 18.3 Å². The maximum absolute atomic E-state index is 6.66. The van der Waals surface area contributed by atoms with Gasteiger partial charge in [0.1, 0.15) is 92.0 Å². The average Bonchev–Trinajstić information content (AvgIpc) is 1.06. The predicted molar refractivity (Wildman–Crippen MR) is 605 cm³/mol. The highest BCUT2D eigenvalue weighted by molar-refractivity contribution is 7.00. The summed E-state index contributed by atoms with van der Waals surface area (Å²) in [7, 11) is 0. The van der Waals surface area contributed by atoms with Crippen LogP contribution in [0.3, 0.4) is 0 Å². The molecule has 26 aromatic rings. The zero-order chi connectivity index (χ0) is 96.9. The van der Waals surface area contributed by atoms with E-state index in [1.165, 1.54) is 125 Å². The van der Waals surface area contributed by atoms with Gasteiger partial charge in [-0.05, 0) is 231 Å². The van der Waals surface area contributed by atoms with Gasteiger partial charge in [-0.1, -0.05) is 303 Å². The van der Waals surface area contributed by atoms with Crippen LogP contribution in [-0.4, -0.2) is 45.1 Å². The molecule has 0 bridgehead atoms. The summed E-state index contributed by atoms with van der Waals surface area (Å²) in [5, 5.41) is 10.1. The van der Waals surface area contributed by atoms with Gasteiger partial charge in [-0.3, -0.25) is 0 Å². The van der Waals surface area contributed by atoms with E-state index in [1.54, 1.807) is 0 Å². The van der Waals surface area contributed by atoms with E-state index in [4.69, 9.17) is 37.9 Å². The van der Waals surface area contributed by atoms with Crippen molar-refractivity contribution in [2.24, 2.45) is 0 Å². The van der Waals surface area contributed by atoms with E-state index in [1.807, 2.05) is 91.0 Å². The molecule has 0 amide bonds. The number of fused-ring (bicyclic) bond motifs is 28. The zero-order valence-corrected chi connectivity index (χ0v) is 79.6. The first kappa shape index (κ1) is 83.3. The number of ether oxygens (including phenoxy) is 8. The van der Waals surface area contributed by atoms with Crippen LogP contribution < -0.4 is 103 Å². The van der Waals surface area contributed by atoms with Crippen molar-refractivity contribution in [2.75, 3.05) is 0 Å². The van der Waals surface area contributed by atoms with Gasteiger partial charge >= 0.3 is 0 Å². The molecule has 12 heterocycles. The summed E-state index contributed by atoms with van der Waals surface area (Å²) in [5.41, 5.74) is 32.3. The number of nitrogens with zero attached hydrogens (tertiary/aromatic N) is 4. The van der Waals surface area contributed by atoms with Crippen molar-refractivity contribution in [1.29, 1.82) is 0 Å². The highest BCUT2D eigenvalue weighted by Crippen LogP contribution is 2.48. The first-order valence-electron chi connectivity index (χ1n) is 50.4. The molecular weight excluding hydrogens is 1810 g/mol. The van der Waals surface area contributed by atoms with E-state index < -0.39 is 0 Å². The molecule has 0 radical (unpaired) electrons. The molecule has 34 rings (SSSR count). The maximum atomic E-state index is 6.66. The lowest BCUT2D eigenvalue weighted by molar-refractivity contribution is 0.464. The van der Waals surface area contributed by atoms with Gasteiger partial charge in [0.05, 0.1) is 44.1 Å². The van der Waals surface area contributed by atoms with Crippen molar-refractivity contribution in [3.8, 4) is 137 Å². The van der Waals surface area contributed by atoms with Crippen LogP contribution in [0.15, 0.2) is 485 Å². The fourth-order valence-corrected chi connectivity index (χ4v) is 24.6. The standard InChI is InChI=1S/2C36H22BNO2.2C30H18BNO2/c1-5-13-30-26(9-1)27-10-2-6-14-31(27)38(30)24-19-17-23(18-20-24)25-21-22-34-35-36(25)40-33-16-8-4-12-29(33)37(35)28-11-3-7-15-32(28)39-34;1-4-14-30-26(9-1)27-10-2-5-15-31(27)38(30)24-21-19-23(20-22-24)25-11-7-13-29-36(25)40-34-18-8-17-33-35(34)37(29)28-12-3-6-16-32(28)39-33;1-4-11-24-20(8-1)21-9-2-5-12-25(21)32(24)19-16-17-27-23(18-19)31-22-10-3-6-13-26(22)33-28-14-7-15-29(34-27)30(28)31;1-4-11-24-20(8-1)21-9-2-5-12-25(21)32(24)19-16-17-23-29(18-19)34-28-15-7-14-27-30(28)31(23)22-10-3-6-13-26(22)33-27/h2*1-22H;2*1-18H. The highest BCUT2D eigenvalue weighted by Gasteiger charge is 2.46. The van der Waals surface area contributed by atoms with Crippen molar-refractivity contribution in [2.45, 2.75) is 0 Å². The number of aromatic nitrogens is 4. The molecule has 12 nitrogen and oxygen atoms in total. The van der Waals surface area contributed by atoms with E-state index in [0.29, 0.717) is 0 Å². The molecule has 148 heavy (non-hydrogen) atoms. The Labute approximate surface area is 852 Å². The van der Waals surface area contributed by atoms with Crippen LogP contribution in [0.25, 0.3) is 132 Å². The van der Waals surface area contributed by atoms with Crippen molar-refractivity contribution in [3.63, 3.8) is 0 Å². The molecule has 22 aromatic carbocycles. The second kappa shape index (κ2) is 33.1. The van der Waals surface area contributed by atoms with Crippen molar-refractivity contribution in [3.05, 3.63) is 485 Å². The third-order valence-corrected chi connectivity index (χ3v) is 31.0. The van der Waals surface area contributed by atoms with Gasteiger partial charge in [-0.2, -0.15) is 0 Å². The number of benzene rings is 22. The molecule has 0 N–H and O–H groups in total. The molecule has 688 valence electrons. The second-order valence-electron chi connectivity index (χ2n) is 38.8. The molecular formula is C132H80B4N4O8. The van der Waals surface area contributed by atoms with Crippen LogP contribution in [0.4, 0.5) is 0 Å².